The number of rotatable bonds is 11. The molecule has 42 heavy (non-hydrogen) atoms. The molecule has 0 bridgehead atoms. The number of aryl methyl sites for hydroxylation is 1. The molecule has 0 radical (unpaired) electrons. The Bertz CT molecular complexity index is 1580. The monoisotopic (exact) mass is 618 g/mol. The fraction of sp³-hybridized carbons (Fsp3) is 0.250. The molecule has 0 aliphatic heterocycles. The van der Waals surface area contributed by atoms with Gasteiger partial charge in [0.2, 0.25) is 5.91 Å². The molecular weight excluding hydrogens is 587 g/mol. The van der Waals surface area contributed by atoms with Crippen LogP contribution in [0.3, 0.4) is 0 Å². The van der Waals surface area contributed by atoms with Crippen molar-refractivity contribution in [3.8, 4) is 6.07 Å². The van der Waals surface area contributed by atoms with Crippen molar-refractivity contribution < 1.29 is 4.79 Å². The van der Waals surface area contributed by atoms with Gasteiger partial charge in [0.05, 0.1) is 40.5 Å². The number of benzene rings is 3. The third kappa shape index (κ3) is 7.96. The van der Waals surface area contributed by atoms with Crippen molar-refractivity contribution in [1.29, 1.82) is 5.26 Å². The number of hydrogen-bond acceptors (Lipinski definition) is 5. The van der Waals surface area contributed by atoms with Crippen LogP contribution in [0, 0.1) is 18.3 Å². The summed E-state index contributed by atoms with van der Waals surface area (Å²) in [6.45, 7) is 5.54. The zero-order valence-corrected chi connectivity index (χ0v) is 25.8. The van der Waals surface area contributed by atoms with Gasteiger partial charge in [0.15, 0.2) is 5.11 Å². The van der Waals surface area contributed by atoms with Crippen molar-refractivity contribution in [2.24, 2.45) is 0 Å². The Hall–Kier alpha value is -3.74. The second kappa shape index (κ2) is 14.9. The number of nitriles is 1. The molecule has 0 aliphatic carbocycles. The van der Waals surface area contributed by atoms with E-state index >= 15 is 0 Å². The predicted molar refractivity (Wildman–Crippen MR) is 173 cm³/mol. The van der Waals surface area contributed by atoms with Gasteiger partial charge in [-0.15, -0.1) is 0 Å². The quantitative estimate of drug-likeness (QED) is 0.181. The summed E-state index contributed by atoms with van der Waals surface area (Å²) in [6, 6.07) is 22.6. The van der Waals surface area contributed by atoms with Gasteiger partial charge in [0, 0.05) is 37.2 Å². The first-order chi connectivity index (χ1) is 20.3. The van der Waals surface area contributed by atoms with Crippen LogP contribution < -0.4 is 10.6 Å². The van der Waals surface area contributed by atoms with Crippen LogP contribution in [0.1, 0.15) is 41.3 Å². The van der Waals surface area contributed by atoms with Gasteiger partial charge in [-0.3, -0.25) is 9.69 Å². The Labute approximate surface area is 262 Å². The van der Waals surface area contributed by atoms with Gasteiger partial charge >= 0.3 is 0 Å². The molecule has 0 saturated heterocycles. The van der Waals surface area contributed by atoms with Crippen molar-refractivity contribution in [3.05, 3.63) is 117 Å². The maximum absolute atomic E-state index is 14.0. The maximum Gasteiger partial charge on any atom is 0.235 e. The number of para-hydroxylation sites is 1. The predicted octanol–water partition coefficient (Wildman–Crippen LogP) is 6.75. The van der Waals surface area contributed by atoms with E-state index in [1.807, 2.05) is 66.9 Å². The molecule has 0 spiro atoms. The van der Waals surface area contributed by atoms with Gasteiger partial charge < -0.3 is 15.2 Å². The van der Waals surface area contributed by atoms with E-state index in [1.54, 1.807) is 35.6 Å². The second-order valence-corrected chi connectivity index (χ2v) is 11.1. The summed E-state index contributed by atoms with van der Waals surface area (Å²) < 4.78 is 1.94. The van der Waals surface area contributed by atoms with Crippen LogP contribution in [0.25, 0.3) is 0 Å². The SMILES string of the molecule is CC[C@@H](CNCc1cccc(Cl)c1Cl)N(C(=O)Cc1cncn1Cc1ccc(C#N)cc1)C(=S)Nc1ccccc1C. The summed E-state index contributed by atoms with van der Waals surface area (Å²) in [5.41, 5.74) is 5.12. The van der Waals surface area contributed by atoms with Crippen LogP contribution in [0.15, 0.2) is 79.3 Å². The number of aromatic nitrogens is 2. The van der Waals surface area contributed by atoms with Crippen molar-refractivity contribution >= 4 is 52.1 Å². The molecule has 0 unspecified atom stereocenters. The summed E-state index contributed by atoms with van der Waals surface area (Å²) in [5, 5.41) is 17.2. The van der Waals surface area contributed by atoms with Crippen molar-refractivity contribution in [1.82, 2.24) is 19.8 Å². The lowest BCUT2D eigenvalue weighted by Crippen LogP contribution is -2.51. The highest BCUT2D eigenvalue weighted by Gasteiger charge is 2.27. The lowest BCUT2D eigenvalue weighted by atomic mass is 10.1. The van der Waals surface area contributed by atoms with E-state index in [9.17, 15) is 4.79 Å². The zero-order chi connectivity index (χ0) is 30.1. The molecule has 2 N–H and O–H groups in total. The molecule has 1 aromatic heterocycles. The molecule has 3 aromatic carbocycles. The number of halogens is 2. The number of imidazole rings is 1. The van der Waals surface area contributed by atoms with Gasteiger partial charge in [-0.25, -0.2) is 4.98 Å². The molecule has 216 valence electrons. The highest BCUT2D eigenvalue weighted by atomic mass is 35.5. The minimum absolute atomic E-state index is 0.114. The Morgan fingerprint density at radius 3 is 2.60 bits per heavy atom. The summed E-state index contributed by atoms with van der Waals surface area (Å²) in [5.74, 6) is -0.142. The molecule has 1 amide bonds. The van der Waals surface area contributed by atoms with E-state index in [-0.39, 0.29) is 18.4 Å². The number of amides is 1. The average Bonchev–Trinajstić information content (AvgIpc) is 3.42. The van der Waals surface area contributed by atoms with E-state index in [1.165, 1.54) is 0 Å². The number of hydrogen-bond donors (Lipinski definition) is 2. The third-order valence-corrected chi connectivity index (χ3v) is 8.16. The van der Waals surface area contributed by atoms with E-state index in [2.05, 4.69) is 21.7 Å². The fourth-order valence-electron chi connectivity index (χ4n) is 4.61. The Morgan fingerprint density at radius 1 is 1.12 bits per heavy atom. The summed E-state index contributed by atoms with van der Waals surface area (Å²) in [6.07, 6.45) is 4.20. The zero-order valence-electron chi connectivity index (χ0n) is 23.5. The van der Waals surface area contributed by atoms with E-state index < -0.39 is 0 Å². The molecule has 1 atom stereocenters. The number of carbonyl (C=O) groups is 1. The van der Waals surface area contributed by atoms with Gasteiger partial charge in [-0.05, 0) is 66.5 Å². The first kappa shape index (κ1) is 31.2. The lowest BCUT2D eigenvalue weighted by Gasteiger charge is -2.32. The number of carbonyl (C=O) groups excluding carboxylic acids is 1. The van der Waals surface area contributed by atoms with Gasteiger partial charge in [0.25, 0.3) is 0 Å². The minimum Gasteiger partial charge on any atom is -0.332 e. The number of thiocarbonyl (C=S) groups is 1. The number of nitrogens with zero attached hydrogens (tertiary/aromatic N) is 4. The van der Waals surface area contributed by atoms with Crippen molar-refractivity contribution in [2.45, 2.75) is 45.8 Å². The fourth-order valence-corrected chi connectivity index (χ4v) is 5.35. The molecule has 10 heteroatoms. The van der Waals surface area contributed by atoms with Gasteiger partial charge in [-0.2, -0.15) is 5.26 Å². The van der Waals surface area contributed by atoms with Crippen LogP contribution in [0.4, 0.5) is 5.69 Å². The smallest absolute Gasteiger partial charge is 0.235 e. The minimum atomic E-state index is -0.227. The van der Waals surface area contributed by atoms with Crippen LogP contribution in [-0.4, -0.2) is 38.1 Å². The molecule has 1 heterocycles. The van der Waals surface area contributed by atoms with Crippen LogP contribution >= 0.6 is 35.4 Å². The van der Waals surface area contributed by atoms with E-state index in [4.69, 9.17) is 40.7 Å². The normalized spacial score (nSPS) is 11.5. The molecule has 4 rings (SSSR count). The Morgan fingerprint density at radius 2 is 1.88 bits per heavy atom. The molecular formula is C32H32Cl2N6OS. The second-order valence-electron chi connectivity index (χ2n) is 9.91. The summed E-state index contributed by atoms with van der Waals surface area (Å²) in [4.78, 5) is 20.0. The third-order valence-electron chi connectivity index (χ3n) is 7.00. The Balaban J connectivity index is 1.53. The van der Waals surface area contributed by atoms with Crippen molar-refractivity contribution in [3.63, 3.8) is 0 Å². The van der Waals surface area contributed by atoms with Crippen LogP contribution in [0.2, 0.25) is 10.0 Å². The standard InChI is InChI=1S/C32H32Cl2N6OS/c1-3-26(18-36-17-25-8-6-9-28(33)31(25)34)40(32(42)38-29-10-5-4-7-22(29)2)30(41)15-27-19-37-21-39(27)20-24-13-11-23(16-35)12-14-24/h4-14,19,21,26,36H,3,15,17-18,20H2,1-2H3,(H,38,42)/t26-/m0/s1. The van der Waals surface area contributed by atoms with Crippen molar-refractivity contribution in [2.75, 3.05) is 11.9 Å². The number of nitrogens with one attached hydrogen (secondary N) is 2. The molecule has 7 nitrogen and oxygen atoms in total. The molecule has 0 aliphatic rings. The highest BCUT2D eigenvalue weighted by molar-refractivity contribution is 7.80. The van der Waals surface area contributed by atoms with Crippen LogP contribution in [0.5, 0.6) is 0 Å². The summed E-state index contributed by atoms with van der Waals surface area (Å²) in [7, 11) is 0. The summed E-state index contributed by atoms with van der Waals surface area (Å²) >= 11 is 18.4. The average molecular weight is 620 g/mol. The lowest BCUT2D eigenvalue weighted by molar-refractivity contribution is -0.128. The highest BCUT2D eigenvalue weighted by Crippen LogP contribution is 2.25. The van der Waals surface area contributed by atoms with E-state index in [0.717, 1.165) is 28.1 Å². The first-order valence-electron chi connectivity index (χ1n) is 13.6. The topological polar surface area (TPSA) is 86.0 Å². The molecule has 0 saturated carbocycles. The largest absolute Gasteiger partial charge is 0.332 e. The van der Waals surface area contributed by atoms with Crippen LogP contribution in [-0.2, 0) is 24.3 Å². The maximum atomic E-state index is 14.0. The first-order valence-corrected chi connectivity index (χ1v) is 14.8. The molecule has 4 aromatic rings. The van der Waals surface area contributed by atoms with Gasteiger partial charge in [0.1, 0.15) is 0 Å². The van der Waals surface area contributed by atoms with E-state index in [0.29, 0.717) is 46.8 Å². The van der Waals surface area contributed by atoms with Gasteiger partial charge in [-0.1, -0.05) is 72.6 Å². The Kier molecular flexibility index (Phi) is 11.1. The number of anilines is 1. The molecule has 0 fully saturated rings.